The predicted octanol–water partition coefficient (Wildman–Crippen LogP) is 4.44. The molecule has 184 valence electrons. The van der Waals surface area contributed by atoms with Crippen LogP contribution in [0.4, 0.5) is 17.1 Å². The number of rotatable bonds is 7. The summed E-state index contributed by atoms with van der Waals surface area (Å²) in [7, 11) is 1.45. The zero-order chi connectivity index (χ0) is 26.3. The molecule has 0 unspecified atom stereocenters. The molecule has 1 aliphatic rings. The molecular weight excluding hydrogens is 484 g/mol. The highest BCUT2D eigenvalue weighted by Crippen LogP contribution is 2.37. The van der Waals surface area contributed by atoms with Crippen molar-refractivity contribution in [1.29, 1.82) is 0 Å². The normalized spacial score (nSPS) is 12.5. The number of methoxy groups -OCH3 is 1. The van der Waals surface area contributed by atoms with Crippen LogP contribution in [-0.4, -0.2) is 33.8 Å². The van der Waals surface area contributed by atoms with E-state index in [0.717, 1.165) is 17.0 Å². The number of fused-ring (bicyclic) bond motifs is 2. The molecule has 5 rings (SSSR count). The van der Waals surface area contributed by atoms with Gasteiger partial charge in [-0.15, -0.1) is 0 Å². The van der Waals surface area contributed by atoms with Crippen LogP contribution in [0.25, 0.3) is 10.9 Å². The molecule has 1 aliphatic heterocycles. The van der Waals surface area contributed by atoms with Gasteiger partial charge in [-0.05, 0) is 30.3 Å². The Morgan fingerprint density at radius 1 is 0.892 bits per heavy atom. The maximum Gasteiger partial charge on any atom is 0.282 e. The van der Waals surface area contributed by atoms with Crippen molar-refractivity contribution in [3.05, 3.63) is 104 Å². The van der Waals surface area contributed by atoms with E-state index in [4.69, 9.17) is 9.47 Å². The fourth-order valence-corrected chi connectivity index (χ4v) is 4.06. The predicted molar refractivity (Wildman–Crippen MR) is 130 cm³/mol. The highest BCUT2D eigenvalue weighted by atomic mass is 16.6. The number of nitro groups is 2. The van der Waals surface area contributed by atoms with Gasteiger partial charge in [0, 0.05) is 23.6 Å². The molecule has 0 atom stereocenters. The third-order valence-corrected chi connectivity index (χ3v) is 5.84. The number of nitro benzene ring substituents is 2. The van der Waals surface area contributed by atoms with Crippen molar-refractivity contribution in [3.63, 3.8) is 0 Å². The summed E-state index contributed by atoms with van der Waals surface area (Å²) in [5.74, 6) is -0.561. The maximum absolute atomic E-state index is 13.1. The van der Waals surface area contributed by atoms with Gasteiger partial charge in [-0.2, -0.15) is 0 Å². The fourth-order valence-electron chi connectivity index (χ4n) is 4.06. The van der Waals surface area contributed by atoms with Gasteiger partial charge >= 0.3 is 0 Å². The lowest BCUT2D eigenvalue weighted by Crippen LogP contribution is -2.29. The van der Waals surface area contributed by atoms with E-state index in [1.165, 1.54) is 25.3 Å². The average Bonchev–Trinajstić information content (AvgIpc) is 3.16. The monoisotopic (exact) mass is 500 g/mol. The van der Waals surface area contributed by atoms with Gasteiger partial charge in [-0.25, -0.2) is 9.88 Å². The van der Waals surface area contributed by atoms with Crippen LogP contribution in [0.15, 0.2) is 66.7 Å². The molecule has 1 aromatic heterocycles. The number of hydrogen-bond acceptors (Lipinski definition) is 9. The molecule has 4 aromatic rings. The molecule has 0 fully saturated rings. The smallest absolute Gasteiger partial charge is 0.282 e. The van der Waals surface area contributed by atoms with E-state index in [9.17, 15) is 29.8 Å². The highest BCUT2D eigenvalue weighted by molar-refractivity contribution is 6.35. The number of aromatic nitrogens is 1. The third kappa shape index (κ3) is 4.05. The zero-order valence-corrected chi connectivity index (χ0v) is 19.1. The number of non-ortho nitro benzene ring substituents is 1. The van der Waals surface area contributed by atoms with E-state index in [-0.39, 0.29) is 40.4 Å². The van der Waals surface area contributed by atoms with E-state index in [1.54, 1.807) is 36.4 Å². The molecule has 3 aromatic carbocycles. The number of pyridine rings is 1. The minimum Gasteiger partial charge on any atom is -0.497 e. The molecule has 2 amide bonds. The first kappa shape index (κ1) is 23.4. The van der Waals surface area contributed by atoms with Gasteiger partial charge in [-0.1, -0.05) is 12.1 Å². The second kappa shape index (κ2) is 9.00. The van der Waals surface area contributed by atoms with Crippen LogP contribution in [0.3, 0.4) is 0 Å². The van der Waals surface area contributed by atoms with Crippen LogP contribution >= 0.6 is 0 Å². The van der Waals surface area contributed by atoms with Gasteiger partial charge in [0.1, 0.15) is 12.4 Å². The van der Waals surface area contributed by atoms with E-state index >= 15 is 0 Å². The number of nitrogens with zero attached hydrogens (tertiary/aromatic N) is 4. The van der Waals surface area contributed by atoms with Crippen LogP contribution in [0.5, 0.6) is 11.6 Å². The van der Waals surface area contributed by atoms with Crippen molar-refractivity contribution in [2.24, 2.45) is 0 Å². The summed E-state index contributed by atoms with van der Waals surface area (Å²) in [5, 5.41) is 23.0. The maximum atomic E-state index is 13.1. The molecule has 0 saturated heterocycles. The zero-order valence-electron chi connectivity index (χ0n) is 19.1. The Kier molecular flexibility index (Phi) is 5.68. The summed E-state index contributed by atoms with van der Waals surface area (Å²) in [5.41, 5.74) is 0.207. The molecule has 0 aliphatic carbocycles. The second-order valence-electron chi connectivity index (χ2n) is 7.97. The standard InChI is InChI=1S/C25H16N4O8/c1-36-17-10-14-7-9-22(37-13-15-6-8-16(28(32)33)11-20(15)29(34)35)26-23(14)21(12-17)27-24(30)18-4-2-3-5-19(18)25(27)31/h2-12H,13H2,1H3. The summed E-state index contributed by atoms with van der Waals surface area (Å²) in [4.78, 5) is 52.7. The fraction of sp³-hybridized carbons (Fsp3) is 0.0800. The van der Waals surface area contributed by atoms with Crippen molar-refractivity contribution >= 4 is 39.8 Å². The lowest BCUT2D eigenvalue weighted by Gasteiger charge is -2.18. The Bertz CT molecular complexity index is 1600. The van der Waals surface area contributed by atoms with Crippen molar-refractivity contribution in [3.8, 4) is 11.6 Å². The van der Waals surface area contributed by atoms with Gasteiger partial charge in [0.15, 0.2) is 0 Å². The number of carbonyl (C=O) groups excluding carboxylic acids is 2. The average molecular weight is 500 g/mol. The van der Waals surface area contributed by atoms with Crippen molar-refractivity contribution in [1.82, 2.24) is 4.98 Å². The van der Waals surface area contributed by atoms with E-state index in [2.05, 4.69) is 4.98 Å². The van der Waals surface area contributed by atoms with Crippen LogP contribution in [-0.2, 0) is 6.61 Å². The number of carbonyl (C=O) groups is 2. The number of amides is 2. The Balaban J connectivity index is 1.53. The molecule has 0 spiro atoms. The first-order valence-corrected chi connectivity index (χ1v) is 10.8. The SMILES string of the molecule is COc1cc(N2C(=O)c3ccccc3C2=O)c2nc(OCc3ccc([N+](=O)[O-])cc3[N+](=O)[O-])ccc2c1. The van der Waals surface area contributed by atoms with Crippen LogP contribution in [0.2, 0.25) is 0 Å². The largest absolute Gasteiger partial charge is 0.497 e. The molecule has 0 N–H and O–H groups in total. The molecule has 0 radical (unpaired) electrons. The number of benzene rings is 3. The van der Waals surface area contributed by atoms with Crippen LogP contribution in [0.1, 0.15) is 26.3 Å². The third-order valence-electron chi connectivity index (χ3n) is 5.84. The first-order valence-electron chi connectivity index (χ1n) is 10.8. The summed E-state index contributed by atoms with van der Waals surface area (Å²) in [6, 6.07) is 16.1. The summed E-state index contributed by atoms with van der Waals surface area (Å²) < 4.78 is 11.0. The first-order chi connectivity index (χ1) is 17.8. The lowest BCUT2D eigenvalue weighted by atomic mass is 10.1. The summed E-state index contributed by atoms with van der Waals surface area (Å²) in [6.45, 7) is -0.300. The van der Waals surface area contributed by atoms with E-state index in [1.807, 2.05) is 0 Å². The minimum absolute atomic E-state index is 0.0585. The van der Waals surface area contributed by atoms with Crippen molar-refractivity contribution in [2.75, 3.05) is 12.0 Å². The molecule has 0 saturated carbocycles. The summed E-state index contributed by atoms with van der Waals surface area (Å²) in [6.07, 6.45) is 0. The van der Waals surface area contributed by atoms with E-state index in [0.29, 0.717) is 11.1 Å². The topological polar surface area (TPSA) is 155 Å². The Hall–Kier alpha value is -5.39. The quantitative estimate of drug-likeness (QED) is 0.203. The van der Waals surface area contributed by atoms with Gasteiger partial charge in [0.05, 0.1) is 50.9 Å². The second-order valence-corrected chi connectivity index (χ2v) is 7.97. The number of imide groups is 1. The number of ether oxygens (including phenoxy) is 2. The highest BCUT2D eigenvalue weighted by Gasteiger charge is 2.37. The Morgan fingerprint density at radius 2 is 1.59 bits per heavy atom. The Morgan fingerprint density at radius 3 is 2.22 bits per heavy atom. The summed E-state index contributed by atoms with van der Waals surface area (Å²) >= 11 is 0. The van der Waals surface area contributed by atoms with Gasteiger partial charge < -0.3 is 9.47 Å². The number of anilines is 1. The van der Waals surface area contributed by atoms with Crippen LogP contribution in [0, 0.1) is 20.2 Å². The lowest BCUT2D eigenvalue weighted by molar-refractivity contribution is -0.394. The number of hydrogen-bond donors (Lipinski definition) is 0. The van der Waals surface area contributed by atoms with E-state index < -0.39 is 33.0 Å². The molecule has 12 heteroatoms. The molecule has 37 heavy (non-hydrogen) atoms. The van der Waals surface area contributed by atoms with Gasteiger partial charge in [0.25, 0.3) is 23.2 Å². The molecular formula is C25H16N4O8. The minimum atomic E-state index is -0.730. The van der Waals surface area contributed by atoms with Gasteiger partial charge in [0.2, 0.25) is 5.88 Å². The molecule has 0 bridgehead atoms. The molecule has 12 nitrogen and oxygen atoms in total. The Labute approximate surface area is 208 Å². The van der Waals surface area contributed by atoms with Crippen molar-refractivity contribution in [2.45, 2.75) is 6.61 Å². The van der Waals surface area contributed by atoms with Crippen LogP contribution < -0.4 is 14.4 Å². The van der Waals surface area contributed by atoms with Gasteiger partial charge in [-0.3, -0.25) is 29.8 Å². The molecule has 2 heterocycles. The van der Waals surface area contributed by atoms with Crippen molar-refractivity contribution < 1.29 is 28.9 Å².